The van der Waals surface area contributed by atoms with E-state index in [1.807, 2.05) is 28.9 Å². The van der Waals surface area contributed by atoms with E-state index in [0.717, 1.165) is 21.1 Å². The van der Waals surface area contributed by atoms with Gasteiger partial charge in [0.05, 0.1) is 98.0 Å². The smallest absolute Gasteiger partial charge is 0.442 e. The van der Waals surface area contributed by atoms with Crippen molar-refractivity contribution in [2.45, 2.75) is 52.2 Å². The second-order valence-corrected chi connectivity index (χ2v) is 27.6. The maximum absolute atomic E-state index is 15.0. The molecule has 102 heavy (non-hydrogen) atoms. The SMILES string of the molecule is CC(=O)NC[C@H]1CN(c2ccc(N3CCN(C(=O)c4ccc(C)s4)CC3)c(F)c2)C(=O)O1.CC(=O)NC[C@H]1CN(c2ccc(N3CCN(C(=O)c4ccc(N)s4)CC3)c(F)c2)C(=O)O1.CC(=O)NC[C@H]1CN(c2ccc(N3CCN(C(=O)c4ccc(NC(=O)C(F)(F)F)s4)CC3)c(F)c2)C(=O)O1. The van der Waals surface area contributed by atoms with Crippen LogP contribution in [0, 0.1) is 24.4 Å². The fraction of sp³-hybridized carbons (Fsp3) is 0.394. The first-order valence-corrected chi connectivity index (χ1v) is 34.6. The van der Waals surface area contributed by atoms with Gasteiger partial charge in [-0.1, -0.05) is 0 Å². The number of cyclic esters (lactones) is 3. The molecule has 0 unspecified atom stereocenters. The van der Waals surface area contributed by atoms with Crippen molar-refractivity contribution in [1.82, 2.24) is 30.7 Å². The molecule has 6 fully saturated rings. The standard InChI is InChI=1S/C23H23F4N5O5S.C22H25FN4O4S.C21H24FN5O4S/c1-13(33)28-11-15-12-32(22(36)37-15)14-2-3-17(16(24)10-14)30-6-8-31(9-7-30)20(34)18-4-5-19(38-18)29-21(35)23(25,26)27;1-14-3-6-20(32-14)21(29)26-9-7-25(8-10-26)19-5-4-16(11-18(19)23)27-13-17(31-22(27)30)12-24-15(2)28;1-13(28)24-11-15-12-27(21(30)31-15)14-2-3-17(16(22)10-14)25-6-8-26(9-7-25)20(29)18-4-5-19(23)32-18/h2-5,10,15H,6-9,11-12H2,1H3,(H,28,33)(H,29,35);3-6,11,17H,7-10,12-13H2,1-2H3,(H,24,28);2-5,10,15H,6-9,11-12,23H2,1H3,(H,24,28)/t15-;17-;15-/m000/s1. The van der Waals surface area contributed by atoms with E-state index in [4.69, 9.17) is 19.9 Å². The Morgan fingerprint density at radius 1 is 0.461 bits per heavy atom. The summed E-state index contributed by atoms with van der Waals surface area (Å²) >= 11 is 3.47. The number of benzene rings is 3. The molecule has 6 saturated heterocycles. The summed E-state index contributed by atoms with van der Waals surface area (Å²) in [6.45, 7) is 12.4. The molecule has 36 heteroatoms. The topological polar surface area (TPSA) is 302 Å². The van der Waals surface area contributed by atoms with Crippen LogP contribution < -0.4 is 56.4 Å². The molecule has 3 aromatic carbocycles. The van der Waals surface area contributed by atoms with Gasteiger partial charge in [-0.2, -0.15) is 13.2 Å². The van der Waals surface area contributed by atoms with Crippen molar-refractivity contribution in [3.63, 3.8) is 0 Å². The monoisotopic (exact) mass is 1480 g/mol. The Bertz CT molecular complexity index is 3970. The van der Waals surface area contributed by atoms with Gasteiger partial charge in [0.2, 0.25) is 17.7 Å². The van der Waals surface area contributed by atoms with Crippen molar-refractivity contribution in [2.75, 3.05) is 158 Å². The number of nitrogens with zero attached hydrogens (tertiary/aromatic N) is 9. The van der Waals surface area contributed by atoms with Crippen molar-refractivity contribution >= 4 is 138 Å². The number of alkyl halides is 3. The number of ether oxygens (including phenoxy) is 3. The predicted molar refractivity (Wildman–Crippen MR) is 369 cm³/mol. The molecule has 0 bridgehead atoms. The minimum Gasteiger partial charge on any atom is -0.442 e. The number of nitrogen functional groups attached to an aromatic ring is 1. The fourth-order valence-corrected chi connectivity index (χ4v) is 14.1. The summed E-state index contributed by atoms with van der Waals surface area (Å²) < 4.78 is 97.8. The summed E-state index contributed by atoms with van der Waals surface area (Å²) in [5, 5.41) is 10.0. The number of hydrogen-bond donors (Lipinski definition) is 5. The number of nitrogens with one attached hydrogen (secondary N) is 4. The highest BCUT2D eigenvalue weighted by Crippen LogP contribution is 2.34. The van der Waals surface area contributed by atoms with Crippen LogP contribution in [-0.4, -0.2) is 217 Å². The van der Waals surface area contributed by atoms with E-state index in [1.165, 1.54) is 99.4 Å². The van der Waals surface area contributed by atoms with Crippen molar-refractivity contribution in [3.05, 3.63) is 128 Å². The summed E-state index contributed by atoms with van der Waals surface area (Å²) in [4.78, 5) is 136. The van der Waals surface area contributed by atoms with Crippen LogP contribution in [0.2, 0.25) is 0 Å². The molecule has 10 amide bonds. The van der Waals surface area contributed by atoms with Crippen LogP contribution in [0.1, 0.15) is 54.7 Å². The molecule has 544 valence electrons. The van der Waals surface area contributed by atoms with Gasteiger partial charge in [-0.3, -0.25) is 48.3 Å². The van der Waals surface area contributed by atoms with Crippen LogP contribution in [0.25, 0.3) is 0 Å². The average molecular weight is 1480 g/mol. The molecule has 0 saturated carbocycles. The van der Waals surface area contributed by atoms with Gasteiger partial charge in [0.15, 0.2) is 0 Å². The van der Waals surface area contributed by atoms with Gasteiger partial charge in [-0.15, -0.1) is 34.0 Å². The molecule has 6 aliphatic rings. The lowest BCUT2D eigenvalue weighted by atomic mass is 10.2. The third-order valence-corrected chi connectivity index (χ3v) is 19.8. The zero-order chi connectivity index (χ0) is 73.3. The van der Waals surface area contributed by atoms with Gasteiger partial charge in [0.25, 0.3) is 17.7 Å². The first-order valence-electron chi connectivity index (χ1n) is 32.1. The van der Waals surface area contributed by atoms with Gasteiger partial charge < -0.3 is 70.6 Å². The van der Waals surface area contributed by atoms with Gasteiger partial charge in [0.1, 0.15) is 35.8 Å². The Balaban J connectivity index is 0.000000166. The molecular weight excluding hydrogens is 1410 g/mol. The van der Waals surface area contributed by atoms with Crippen molar-refractivity contribution in [1.29, 1.82) is 0 Å². The lowest BCUT2D eigenvalue weighted by molar-refractivity contribution is -0.167. The Hall–Kier alpha value is -10.4. The summed E-state index contributed by atoms with van der Waals surface area (Å²) in [5.74, 6) is -4.71. The number of hydrogen-bond acceptors (Lipinski definition) is 20. The zero-order valence-electron chi connectivity index (χ0n) is 55.5. The van der Waals surface area contributed by atoms with Crippen molar-refractivity contribution < 1.29 is 88.5 Å². The minimum atomic E-state index is -5.04. The highest BCUT2D eigenvalue weighted by atomic mass is 32.1. The van der Waals surface area contributed by atoms with Gasteiger partial charge in [-0.25, -0.2) is 27.6 Å². The van der Waals surface area contributed by atoms with E-state index in [9.17, 15) is 69.9 Å². The van der Waals surface area contributed by atoms with Crippen LogP contribution >= 0.6 is 34.0 Å². The molecule has 27 nitrogen and oxygen atoms in total. The summed E-state index contributed by atoms with van der Waals surface area (Å²) in [6, 6.07) is 23.4. The Morgan fingerprint density at radius 3 is 1.08 bits per heavy atom. The van der Waals surface area contributed by atoms with Crippen LogP contribution in [0.3, 0.4) is 0 Å². The van der Waals surface area contributed by atoms with Crippen molar-refractivity contribution in [3.8, 4) is 0 Å². The highest BCUT2D eigenvalue weighted by Gasteiger charge is 2.40. The predicted octanol–water partition coefficient (Wildman–Crippen LogP) is 7.32. The number of nitrogens with two attached hydrogens (primary N) is 1. The second-order valence-electron chi connectivity index (χ2n) is 24.1. The number of carbonyl (C=O) groups excluding carboxylic acids is 10. The van der Waals surface area contributed by atoms with E-state index < -0.39 is 72.0 Å². The Kier molecular flexibility index (Phi) is 23.7. The largest absolute Gasteiger partial charge is 0.471 e. The fourth-order valence-electron chi connectivity index (χ4n) is 11.7. The summed E-state index contributed by atoms with van der Waals surface area (Å²) in [6.07, 6.45) is -8.34. The molecule has 0 aliphatic carbocycles. The number of aryl methyl sites for hydroxylation is 1. The quantitative estimate of drug-likeness (QED) is 0.0468. The number of carbonyl (C=O) groups is 10. The van der Waals surface area contributed by atoms with Crippen LogP contribution in [-0.2, 0) is 33.4 Å². The number of rotatable bonds is 16. The molecule has 12 rings (SSSR count). The number of thiophene rings is 3. The minimum absolute atomic E-state index is 0.0138. The molecular formula is C66H72F6N14O13S3. The summed E-state index contributed by atoms with van der Waals surface area (Å²) in [5.41, 5.74) is 7.97. The number of anilines is 8. The lowest BCUT2D eigenvalue weighted by Crippen LogP contribution is -2.48. The van der Waals surface area contributed by atoms with Gasteiger partial charge in [-0.05, 0) is 97.9 Å². The Morgan fingerprint density at radius 2 is 0.784 bits per heavy atom. The first kappa shape index (κ1) is 74.3. The van der Waals surface area contributed by atoms with E-state index in [2.05, 4.69) is 16.0 Å². The molecule has 9 heterocycles. The Labute approximate surface area is 592 Å². The van der Waals surface area contributed by atoms with Crippen LogP contribution in [0.4, 0.5) is 84.9 Å². The molecule has 3 atom stereocenters. The number of halogens is 6. The van der Waals surface area contributed by atoms with Crippen LogP contribution in [0.15, 0.2) is 91.0 Å². The number of piperazine rings is 3. The second kappa shape index (κ2) is 32.5. The molecule has 6 aromatic rings. The van der Waals surface area contributed by atoms with E-state index >= 15 is 4.39 Å². The zero-order valence-corrected chi connectivity index (χ0v) is 58.0. The lowest BCUT2D eigenvalue weighted by Gasteiger charge is -2.36. The van der Waals surface area contributed by atoms with Gasteiger partial charge in [0, 0.05) is 104 Å². The van der Waals surface area contributed by atoms with Gasteiger partial charge >= 0.3 is 30.4 Å². The third-order valence-electron chi connectivity index (χ3n) is 16.9. The number of amides is 10. The van der Waals surface area contributed by atoms with E-state index in [-0.39, 0.29) is 97.5 Å². The first-order chi connectivity index (χ1) is 48.5. The highest BCUT2D eigenvalue weighted by molar-refractivity contribution is 7.18. The molecule has 0 radical (unpaired) electrons. The van der Waals surface area contributed by atoms with Crippen LogP contribution in [0.5, 0.6) is 0 Å². The molecule has 6 N–H and O–H groups in total. The average Bonchev–Trinajstić information content (AvgIpc) is 1.22. The van der Waals surface area contributed by atoms with Crippen molar-refractivity contribution in [2.24, 2.45) is 0 Å². The van der Waals surface area contributed by atoms with E-state index in [1.54, 1.807) is 62.5 Å². The molecule has 0 spiro atoms. The third kappa shape index (κ3) is 18.6. The van der Waals surface area contributed by atoms with E-state index in [0.29, 0.717) is 104 Å². The normalized spacial score (nSPS) is 18.4. The molecule has 3 aromatic heterocycles. The maximum atomic E-state index is 15.0. The molecule has 6 aliphatic heterocycles. The summed E-state index contributed by atoms with van der Waals surface area (Å²) in [7, 11) is 0. The maximum Gasteiger partial charge on any atom is 0.471 e.